The second kappa shape index (κ2) is 11.5. The Bertz CT molecular complexity index is 1010. The van der Waals surface area contributed by atoms with Crippen molar-refractivity contribution in [3.63, 3.8) is 0 Å². The number of benzene rings is 2. The van der Waals surface area contributed by atoms with Gasteiger partial charge in [0, 0.05) is 19.2 Å². The zero-order chi connectivity index (χ0) is 23.7. The first-order valence-corrected chi connectivity index (χ1v) is 12.2. The van der Waals surface area contributed by atoms with Crippen molar-refractivity contribution in [2.75, 3.05) is 30.8 Å². The van der Waals surface area contributed by atoms with Gasteiger partial charge < -0.3 is 15.0 Å². The first-order chi connectivity index (χ1) is 15.2. The van der Waals surface area contributed by atoms with Crippen molar-refractivity contribution in [2.45, 2.75) is 32.9 Å². The first kappa shape index (κ1) is 25.2. The Kier molecular flexibility index (Phi) is 9.07. The molecule has 0 aliphatic heterocycles. The number of nitrogens with zero attached hydrogens (tertiary/aromatic N) is 2. The molecule has 0 aromatic heterocycles. The van der Waals surface area contributed by atoms with Crippen molar-refractivity contribution >= 4 is 27.5 Å². The van der Waals surface area contributed by atoms with Gasteiger partial charge in [0.1, 0.15) is 18.3 Å². The maximum atomic E-state index is 13.4. The highest BCUT2D eigenvalue weighted by molar-refractivity contribution is 7.92. The minimum atomic E-state index is -3.77. The highest BCUT2D eigenvalue weighted by Gasteiger charge is 2.30. The lowest BCUT2D eigenvalue weighted by molar-refractivity contribution is -0.139. The number of rotatable bonds is 11. The predicted molar refractivity (Wildman–Crippen MR) is 125 cm³/mol. The Hall–Kier alpha value is -3.07. The largest absolute Gasteiger partial charge is 0.497 e. The zero-order valence-corrected chi connectivity index (χ0v) is 19.8. The molecule has 0 spiro atoms. The normalized spacial score (nSPS) is 12.0. The average Bonchev–Trinajstić information content (AvgIpc) is 2.78. The van der Waals surface area contributed by atoms with Crippen LogP contribution in [-0.2, 0) is 26.2 Å². The topological polar surface area (TPSA) is 96.0 Å². The van der Waals surface area contributed by atoms with Crippen LogP contribution in [0.2, 0.25) is 0 Å². The van der Waals surface area contributed by atoms with Gasteiger partial charge in [0.05, 0.1) is 19.1 Å². The van der Waals surface area contributed by atoms with Gasteiger partial charge in [-0.25, -0.2) is 8.42 Å². The molecule has 2 aromatic carbocycles. The van der Waals surface area contributed by atoms with Crippen LogP contribution in [0, 0.1) is 0 Å². The summed E-state index contributed by atoms with van der Waals surface area (Å²) in [5, 5.41) is 2.80. The highest BCUT2D eigenvalue weighted by Crippen LogP contribution is 2.23. The third-order valence-corrected chi connectivity index (χ3v) is 6.07. The van der Waals surface area contributed by atoms with Crippen LogP contribution in [0.5, 0.6) is 5.75 Å². The molecule has 0 aliphatic carbocycles. The molecule has 9 heteroatoms. The summed E-state index contributed by atoms with van der Waals surface area (Å²) in [6, 6.07) is 15.0. The number of ether oxygens (including phenoxy) is 1. The van der Waals surface area contributed by atoms with E-state index in [9.17, 15) is 18.0 Å². The van der Waals surface area contributed by atoms with E-state index in [0.29, 0.717) is 18.0 Å². The molecule has 0 heterocycles. The van der Waals surface area contributed by atoms with E-state index in [0.717, 1.165) is 22.5 Å². The number of hydrogen-bond acceptors (Lipinski definition) is 5. The Morgan fingerprint density at radius 2 is 1.78 bits per heavy atom. The summed E-state index contributed by atoms with van der Waals surface area (Å²) < 4.78 is 31.3. The molecule has 2 rings (SSSR count). The lowest BCUT2D eigenvalue weighted by Crippen LogP contribution is -2.51. The number of carbonyl (C=O) groups excluding carboxylic acids is 2. The molecule has 2 amide bonds. The Labute approximate surface area is 190 Å². The standard InChI is InChI=1S/C23H31N3O5S/c1-5-14-24-23(28)18(2)25(16-19-10-7-6-8-11-19)22(27)17-26(32(4,29)30)20-12-9-13-21(15-20)31-3/h6-13,15,18H,5,14,16-17H2,1-4H3,(H,24,28)/t18-/m1/s1. The molecule has 2 aromatic rings. The Balaban J connectivity index is 2.35. The van der Waals surface area contributed by atoms with Gasteiger partial charge in [-0.1, -0.05) is 43.3 Å². The van der Waals surface area contributed by atoms with E-state index < -0.39 is 28.5 Å². The number of amides is 2. The molecule has 0 saturated heterocycles. The lowest BCUT2D eigenvalue weighted by Gasteiger charge is -2.31. The van der Waals surface area contributed by atoms with E-state index in [4.69, 9.17) is 4.74 Å². The molecule has 0 saturated carbocycles. The number of anilines is 1. The third-order valence-electron chi connectivity index (χ3n) is 4.93. The van der Waals surface area contributed by atoms with Crippen LogP contribution in [0.4, 0.5) is 5.69 Å². The van der Waals surface area contributed by atoms with E-state index >= 15 is 0 Å². The minimum Gasteiger partial charge on any atom is -0.497 e. The van der Waals surface area contributed by atoms with E-state index in [1.54, 1.807) is 31.2 Å². The highest BCUT2D eigenvalue weighted by atomic mass is 32.2. The summed E-state index contributed by atoms with van der Waals surface area (Å²) >= 11 is 0. The minimum absolute atomic E-state index is 0.177. The molecule has 1 atom stereocenters. The summed E-state index contributed by atoms with van der Waals surface area (Å²) in [4.78, 5) is 27.4. The Morgan fingerprint density at radius 1 is 1.09 bits per heavy atom. The summed E-state index contributed by atoms with van der Waals surface area (Å²) in [6.07, 6.45) is 1.81. The Morgan fingerprint density at radius 3 is 2.38 bits per heavy atom. The quantitative estimate of drug-likeness (QED) is 0.554. The van der Waals surface area contributed by atoms with Crippen molar-refractivity contribution in [3.05, 3.63) is 60.2 Å². The molecular formula is C23H31N3O5S. The van der Waals surface area contributed by atoms with Crippen molar-refractivity contribution in [3.8, 4) is 5.75 Å². The van der Waals surface area contributed by atoms with Crippen LogP contribution >= 0.6 is 0 Å². The predicted octanol–water partition coefficient (Wildman–Crippen LogP) is 2.40. The van der Waals surface area contributed by atoms with Crippen LogP contribution in [0.3, 0.4) is 0 Å². The molecule has 174 valence electrons. The van der Waals surface area contributed by atoms with E-state index in [1.165, 1.54) is 12.0 Å². The van der Waals surface area contributed by atoms with Gasteiger partial charge >= 0.3 is 0 Å². The summed E-state index contributed by atoms with van der Waals surface area (Å²) in [6.45, 7) is 3.81. The van der Waals surface area contributed by atoms with Crippen LogP contribution in [0.15, 0.2) is 54.6 Å². The number of sulfonamides is 1. The number of nitrogens with one attached hydrogen (secondary N) is 1. The molecule has 1 N–H and O–H groups in total. The molecule has 0 aliphatic rings. The fraction of sp³-hybridized carbons (Fsp3) is 0.391. The van der Waals surface area contributed by atoms with Gasteiger partial charge in [0.25, 0.3) is 0 Å². The first-order valence-electron chi connectivity index (χ1n) is 10.4. The fourth-order valence-electron chi connectivity index (χ4n) is 3.14. The second-order valence-corrected chi connectivity index (χ2v) is 9.35. The molecule has 8 nitrogen and oxygen atoms in total. The third kappa shape index (κ3) is 6.98. The molecule has 0 fully saturated rings. The summed E-state index contributed by atoms with van der Waals surface area (Å²) in [5.74, 6) is -0.304. The molecule has 0 unspecified atom stereocenters. The van der Waals surface area contributed by atoms with Gasteiger partial charge in [-0.3, -0.25) is 13.9 Å². The van der Waals surface area contributed by atoms with Crippen LogP contribution in [0.25, 0.3) is 0 Å². The monoisotopic (exact) mass is 461 g/mol. The van der Waals surface area contributed by atoms with E-state index in [1.807, 2.05) is 37.3 Å². The molecule has 0 radical (unpaired) electrons. The van der Waals surface area contributed by atoms with Crippen molar-refractivity contribution in [2.24, 2.45) is 0 Å². The average molecular weight is 462 g/mol. The van der Waals surface area contributed by atoms with Crippen LogP contribution in [0.1, 0.15) is 25.8 Å². The maximum absolute atomic E-state index is 13.4. The summed E-state index contributed by atoms with van der Waals surface area (Å²) in [7, 11) is -2.30. The molecular weight excluding hydrogens is 430 g/mol. The van der Waals surface area contributed by atoms with E-state index in [-0.39, 0.29) is 12.5 Å². The van der Waals surface area contributed by atoms with E-state index in [2.05, 4.69) is 5.32 Å². The smallest absolute Gasteiger partial charge is 0.244 e. The van der Waals surface area contributed by atoms with Crippen molar-refractivity contribution in [1.29, 1.82) is 0 Å². The summed E-state index contributed by atoms with van der Waals surface area (Å²) in [5.41, 5.74) is 1.14. The zero-order valence-electron chi connectivity index (χ0n) is 18.9. The molecule has 0 bridgehead atoms. The SMILES string of the molecule is CCCNC(=O)[C@@H](C)N(Cc1ccccc1)C(=O)CN(c1cccc(OC)c1)S(C)(=O)=O. The van der Waals surface area contributed by atoms with Gasteiger partial charge in [-0.15, -0.1) is 0 Å². The fourth-order valence-corrected chi connectivity index (χ4v) is 3.98. The second-order valence-electron chi connectivity index (χ2n) is 7.45. The number of hydrogen-bond donors (Lipinski definition) is 1. The lowest BCUT2D eigenvalue weighted by atomic mass is 10.1. The van der Waals surface area contributed by atoms with Crippen LogP contribution in [-0.4, -0.2) is 57.6 Å². The van der Waals surface area contributed by atoms with Gasteiger partial charge in [-0.2, -0.15) is 0 Å². The van der Waals surface area contributed by atoms with Crippen LogP contribution < -0.4 is 14.4 Å². The van der Waals surface area contributed by atoms with Crippen molar-refractivity contribution in [1.82, 2.24) is 10.2 Å². The molecule has 32 heavy (non-hydrogen) atoms. The maximum Gasteiger partial charge on any atom is 0.244 e. The van der Waals surface area contributed by atoms with Gasteiger partial charge in [0.2, 0.25) is 21.8 Å². The van der Waals surface area contributed by atoms with Crippen molar-refractivity contribution < 1.29 is 22.7 Å². The van der Waals surface area contributed by atoms with Gasteiger partial charge in [-0.05, 0) is 31.0 Å². The number of methoxy groups -OCH3 is 1. The number of carbonyl (C=O) groups is 2. The van der Waals surface area contributed by atoms with Gasteiger partial charge in [0.15, 0.2) is 0 Å².